The number of amides is 4. The zero-order chi connectivity index (χ0) is 19.3. The molecule has 6 heteroatoms. The summed E-state index contributed by atoms with van der Waals surface area (Å²) in [5, 5.41) is 2.91. The number of hydrogen-bond donors (Lipinski definition) is 1. The van der Waals surface area contributed by atoms with Gasteiger partial charge in [0.25, 0.3) is 11.8 Å². The van der Waals surface area contributed by atoms with Crippen LogP contribution in [0.3, 0.4) is 0 Å². The third kappa shape index (κ3) is 4.84. The van der Waals surface area contributed by atoms with Crippen LogP contribution in [0.4, 0.5) is 4.79 Å². The van der Waals surface area contributed by atoms with Crippen LogP contribution in [-0.4, -0.2) is 53.8 Å². The average molecular weight is 359 g/mol. The number of rotatable bonds is 8. The molecule has 4 amide bonds. The van der Waals surface area contributed by atoms with Gasteiger partial charge in [-0.15, -0.1) is 0 Å². The Morgan fingerprint density at radius 3 is 1.96 bits per heavy atom. The van der Waals surface area contributed by atoms with Gasteiger partial charge in [0.05, 0.1) is 11.1 Å². The van der Waals surface area contributed by atoms with Crippen LogP contribution < -0.4 is 5.32 Å². The van der Waals surface area contributed by atoms with Crippen LogP contribution in [0.1, 0.15) is 54.8 Å². The maximum absolute atomic E-state index is 12.4. The van der Waals surface area contributed by atoms with E-state index < -0.39 is 0 Å². The summed E-state index contributed by atoms with van der Waals surface area (Å²) in [6, 6.07) is 6.77. The lowest BCUT2D eigenvalue weighted by Gasteiger charge is -2.26. The van der Waals surface area contributed by atoms with Crippen molar-refractivity contribution in [3.63, 3.8) is 0 Å². The smallest absolute Gasteiger partial charge is 0.317 e. The van der Waals surface area contributed by atoms with Crippen molar-refractivity contribution in [2.24, 2.45) is 11.8 Å². The molecule has 142 valence electrons. The minimum atomic E-state index is -0.252. The highest BCUT2D eigenvalue weighted by Crippen LogP contribution is 2.22. The Balaban J connectivity index is 1.82. The molecular weight excluding hydrogens is 330 g/mol. The number of imide groups is 1. The van der Waals surface area contributed by atoms with E-state index in [2.05, 4.69) is 33.0 Å². The van der Waals surface area contributed by atoms with Gasteiger partial charge in [-0.1, -0.05) is 39.8 Å². The van der Waals surface area contributed by atoms with Crippen molar-refractivity contribution in [3.05, 3.63) is 35.4 Å². The summed E-state index contributed by atoms with van der Waals surface area (Å²) in [6.45, 7) is 10.5. The lowest BCUT2D eigenvalue weighted by molar-refractivity contribution is 0.0653. The van der Waals surface area contributed by atoms with E-state index in [1.54, 1.807) is 24.3 Å². The number of carbonyl (C=O) groups is 3. The van der Waals surface area contributed by atoms with Gasteiger partial charge < -0.3 is 10.2 Å². The molecule has 0 radical (unpaired) electrons. The van der Waals surface area contributed by atoms with E-state index >= 15 is 0 Å². The fourth-order valence-corrected chi connectivity index (χ4v) is 3.11. The van der Waals surface area contributed by atoms with Crippen LogP contribution in [-0.2, 0) is 0 Å². The first-order valence-electron chi connectivity index (χ1n) is 9.29. The lowest BCUT2D eigenvalue weighted by Crippen LogP contribution is -2.44. The highest BCUT2D eigenvalue weighted by atomic mass is 16.2. The van der Waals surface area contributed by atoms with Gasteiger partial charge in [0.15, 0.2) is 0 Å². The molecule has 1 aliphatic heterocycles. The molecular formula is C20H29N3O3. The van der Waals surface area contributed by atoms with Crippen LogP contribution >= 0.6 is 0 Å². The minimum Gasteiger partial charge on any atom is -0.338 e. The van der Waals surface area contributed by atoms with E-state index in [9.17, 15) is 14.4 Å². The Kier molecular flexibility index (Phi) is 6.77. The Morgan fingerprint density at radius 1 is 1.00 bits per heavy atom. The van der Waals surface area contributed by atoms with Gasteiger partial charge >= 0.3 is 6.03 Å². The summed E-state index contributed by atoms with van der Waals surface area (Å²) in [6.07, 6.45) is 0.536. The third-order valence-corrected chi connectivity index (χ3v) is 4.17. The number of nitrogens with zero attached hydrogens (tertiary/aromatic N) is 2. The molecule has 0 atom stereocenters. The molecule has 0 saturated carbocycles. The van der Waals surface area contributed by atoms with E-state index in [1.807, 2.05) is 4.90 Å². The quantitative estimate of drug-likeness (QED) is 0.573. The summed E-state index contributed by atoms with van der Waals surface area (Å²) in [5.74, 6) is 0.298. The van der Waals surface area contributed by atoms with E-state index in [1.165, 1.54) is 4.90 Å². The third-order valence-electron chi connectivity index (χ3n) is 4.17. The van der Waals surface area contributed by atoms with E-state index in [4.69, 9.17) is 0 Å². The van der Waals surface area contributed by atoms with Crippen LogP contribution in [0, 0.1) is 11.8 Å². The van der Waals surface area contributed by atoms with E-state index in [0.29, 0.717) is 55.6 Å². The monoisotopic (exact) mass is 359 g/mol. The SMILES string of the molecule is CC(C)CN(CC(C)C)C(=O)NCCCN1C(=O)c2ccccc2C1=O. The number of urea groups is 1. The maximum atomic E-state index is 12.4. The van der Waals surface area contributed by atoms with Gasteiger partial charge in [-0.05, 0) is 30.4 Å². The van der Waals surface area contributed by atoms with Crippen molar-refractivity contribution >= 4 is 17.8 Å². The Bertz CT molecular complexity index is 625. The topological polar surface area (TPSA) is 69.7 Å². The molecule has 0 spiro atoms. The summed E-state index contributed by atoms with van der Waals surface area (Å²) >= 11 is 0. The first-order chi connectivity index (χ1) is 12.3. The molecule has 0 bridgehead atoms. The number of hydrogen-bond acceptors (Lipinski definition) is 3. The van der Waals surface area contributed by atoms with Crippen LogP contribution in [0.5, 0.6) is 0 Å². The first-order valence-corrected chi connectivity index (χ1v) is 9.29. The zero-order valence-corrected chi connectivity index (χ0v) is 16.1. The van der Waals surface area contributed by atoms with Gasteiger partial charge in [-0.2, -0.15) is 0 Å². The van der Waals surface area contributed by atoms with Crippen LogP contribution in [0.15, 0.2) is 24.3 Å². The van der Waals surface area contributed by atoms with Crippen molar-refractivity contribution in [2.45, 2.75) is 34.1 Å². The molecule has 1 heterocycles. The van der Waals surface area contributed by atoms with Crippen molar-refractivity contribution < 1.29 is 14.4 Å². The average Bonchev–Trinajstić information content (AvgIpc) is 2.82. The number of nitrogens with one attached hydrogen (secondary N) is 1. The molecule has 1 aliphatic rings. The summed E-state index contributed by atoms with van der Waals surface area (Å²) < 4.78 is 0. The molecule has 0 fully saturated rings. The molecule has 1 aromatic carbocycles. The maximum Gasteiger partial charge on any atom is 0.317 e. The predicted octanol–water partition coefficient (Wildman–Crippen LogP) is 3.00. The van der Waals surface area contributed by atoms with Gasteiger partial charge in [-0.25, -0.2) is 4.79 Å². The number of carbonyl (C=O) groups excluding carboxylic acids is 3. The van der Waals surface area contributed by atoms with Gasteiger partial charge in [0, 0.05) is 26.2 Å². The van der Waals surface area contributed by atoms with Crippen molar-refractivity contribution in [1.29, 1.82) is 0 Å². The molecule has 0 saturated heterocycles. The second-order valence-electron chi connectivity index (χ2n) is 7.59. The first kappa shape index (κ1) is 19.9. The Labute approximate surface area is 155 Å². The number of fused-ring (bicyclic) bond motifs is 1. The van der Waals surface area contributed by atoms with Gasteiger partial charge in [0.2, 0.25) is 0 Å². The number of benzene rings is 1. The minimum absolute atomic E-state index is 0.0882. The summed E-state index contributed by atoms with van der Waals surface area (Å²) in [7, 11) is 0. The van der Waals surface area contributed by atoms with Crippen molar-refractivity contribution in [3.8, 4) is 0 Å². The summed E-state index contributed by atoms with van der Waals surface area (Å²) in [4.78, 5) is 40.1. The van der Waals surface area contributed by atoms with Crippen LogP contribution in [0.25, 0.3) is 0 Å². The summed E-state index contributed by atoms with van der Waals surface area (Å²) in [5.41, 5.74) is 0.920. The van der Waals surface area contributed by atoms with Crippen molar-refractivity contribution in [2.75, 3.05) is 26.2 Å². The largest absolute Gasteiger partial charge is 0.338 e. The molecule has 2 rings (SSSR count). The normalized spacial score (nSPS) is 13.5. The van der Waals surface area contributed by atoms with E-state index in [0.717, 1.165) is 0 Å². The lowest BCUT2D eigenvalue weighted by atomic mass is 10.1. The molecule has 0 unspecified atom stereocenters. The second kappa shape index (κ2) is 8.83. The Morgan fingerprint density at radius 2 is 1.50 bits per heavy atom. The zero-order valence-electron chi connectivity index (χ0n) is 16.1. The molecule has 1 N–H and O–H groups in total. The predicted molar refractivity (Wildman–Crippen MR) is 101 cm³/mol. The fraction of sp³-hybridized carbons (Fsp3) is 0.550. The molecule has 1 aromatic rings. The van der Waals surface area contributed by atoms with Gasteiger partial charge in [0.1, 0.15) is 0 Å². The standard InChI is InChI=1S/C20H29N3O3/c1-14(2)12-22(13-15(3)4)20(26)21-10-7-11-23-18(24)16-8-5-6-9-17(16)19(23)25/h5-6,8-9,14-15H,7,10-13H2,1-4H3,(H,21,26). The Hall–Kier alpha value is -2.37. The van der Waals surface area contributed by atoms with Crippen LogP contribution in [0.2, 0.25) is 0 Å². The van der Waals surface area contributed by atoms with Gasteiger partial charge in [-0.3, -0.25) is 14.5 Å². The molecule has 6 nitrogen and oxygen atoms in total. The highest BCUT2D eigenvalue weighted by Gasteiger charge is 2.34. The molecule has 26 heavy (non-hydrogen) atoms. The molecule has 0 aliphatic carbocycles. The molecule has 0 aromatic heterocycles. The fourth-order valence-electron chi connectivity index (χ4n) is 3.11. The van der Waals surface area contributed by atoms with Crippen molar-refractivity contribution in [1.82, 2.24) is 15.1 Å². The highest BCUT2D eigenvalue weighted by molar-refractivity contribution is 6.21. The van der Waals surface area contributed by atoms with E-state index in [-0.39, 0.29) is 17.8 Å². The second-order valence-corrected chi connectivity index (χ2v) is 7.59.